The molecule has 2 aliphatic heterocycles. The van der Waals surface area contributed by atoms with E-state index in [1.165, 1.54) is 6.07 Å². The van der Waals surface area contributed by atoms with Gasteiger partial charge in [0.2, 0.25) is 5.95 Å². The van der Waals surface area contributed by atoms with Crippen molar-refractivity contribution in [2.45, 2.75) is 57.5 Å². The molecule has 1 N–H and O–H groups in total. The fourth-order valence-electron chi connectivity index (χ4n) is 6.09. The molecular formula is C25H28F3N7. The van der Waals surface area contributed by atoms with Crippen molar-refractivity contribution < 1.29 is 13.2 Å². The monoisotopic (exact) mass is 483 g/mol. The molecular weight excluding hydrogens is 455 g/mol. The van der Waals surface area contributed by atoms with Gasteiger partial charge in [-0.15, -0.1) is 5.10 Å². The van der Waals surface area contributed by atoms with Crippen molar-refractivity contribution in [2.24, 2.45) is 11.8 Å². The molecule has 0 radical (unpaired) electrons. The van der Waals surface area contributed by atoms with E-state index in [1.807, 2.05) is 13.0 Å². The number of aryl methyl sites for hydroxylation is 2. The first-order valence-corrected chi connectivity index (χ1v) is 12.4. The summed E-state index contributed by atoms with van der Waals surface area (Å²) in [5.74, 6) is -1.23. The minimum atomic E-state index is -1.43. The zero-order valence-corrected chi connectivity index (χ0v) is 19.6. The summed E-state index contributed by atoms with van der Waals surface area (Å²) < 4.78 is 44.0. The lowest BCUT2D eigenvalue weighted by Crippen LogP contribution is -2.48. The average Bonchev–Trinajstić information content (AvgIpc) is 3.25. The molecule has 2 aromatic heterocycles. The van der Waals surface area contributed by atoms with E-state index in [0.717, 1.165) is 56.4 Å². The number of halogens is 3. The third kappa shape index (κ3) is 4.02. The minimum absolute atomic E-state index is 0.138. The first-order chi connectivity index (χ1) is 17.0. The van der Waals surface area contributed by atoms with E-state index >= 15 is 0 Å². The molecule has 0 amide bonds. The van der Waals surface area contributed by atoms with Crippen molar-refractivity contribution in [1.82, 2.24) is 24.7 Å². The van der Waals surface area contributed by atoms with Gasteiger partial charge < -0.3 is 10.2 Å². The van der Waals surface area contributed by atoms with Crippen LogP contribution in [-0.2, 0) is 6.54 Å². The van der Waals surface area contributed by atoms with Crippen LogP contribution in [0.3, 0.4) is 0 Å². The highest BCUT2D eigenvalue weighted by Gasteiger charge is 2.43. The van der Waals surface area contributed by atoms with Gasteiger partial charge in [-0.3, -0.25) is 0 Å². The number of hydrogen-bond donors (Lipinski definition) is 1. The summed E-state index contributed by atoms with van der Waals surface area (Å²) in [6.45, 7) is 4.45. The Kier molecular flexibility index (Phi) is 5.61. The predicted octanol–water partition coefficient (Wildman–Crippen LogP) is 4.44. The molecule has 3 aromatic rings. The van der Waals surface area contributed by atoms with E-state index < -0.39 is 23.4 Å². The molecule has 1 aliphatic carbocycles. The second-order valence-electron chi connectivity index (χ2n) is 10.0. The summed E-state index contributed by atoms with van der Waals surface area (Å²) in [7, 11) is 0. The molecule has 7 nitrogen and oxygen atoms in total. The lowest BCUT2D eigenvalue weighted by atomic mass is 9.92. The minimum Gasteiger partial charge on any atom is -0.356 e. The Labute approximate surface area is 201 Å². The number of benzene rings is 1. The lowest BCUT2D eigenvalue weighted by Gasteiger charge is -2.38. The zero-order chi connectivity index (χ0) is 24.1. The molecule has 2 bridgehead atoms. The maximum atomic E-state index is 14.7. The Morgan fingerprint density at radius 1 is 0.971 bits per heavy atom. The quantitative estimate of drug-likeness (QED) is 0.554. The molecule has 3 aliphatic rings. The van der Waals surface area contributed by atoms with Crippen LogP contribution >= 0.6 is 0 Å². The van der Waals surface area contributed by atoms with Gasteiger partial charge in [0.05, 0.1) is 0 Å². The summed E-state index contributed by atoms with van der Waals surface area (Å²) in [6, 6.07) is 4.60. The Balaban J connectivity index is 1.24. The van der Waals surface area contributed by atoms with E-state index in [1.54, 1.807) is 11.0 Å². The van der Waals surface area contributed by atoms with Crippen molar-refractivity contribution in [3.05, 3.63) is 59.1 Å². The van der Waals surface area contributed by atoms with Gasteiger partial charge in [-0.05, 0) is 50.5 Å². The summed E-state index contributed by atoms with van der Waals surface area (Å²) in [5, 5.41) is 8.29. The lowest BCUT2D eigenvalue weighted by molar-refractivity contribution is 0.374. The molecule has 1 aromatic carbocycles. The van der Waals surface area contributed by atoms with E-state index in [-0.39, 0.29) is 11.6 Å². The van der Waals surface area contributed by atoms with Crippen molar-refractivity contribution in [3.63, 3.8) is 0 Å². The number of fused-ring (bicyclic) bond motifs is 3. The molecule has 0 spiro atoms. The Hall–Kier alpha value is -3.17. The van der Waals surface area contributed by atoms with Crippen LogP contribution < -0.4 is 10.2 Å². The van der Waals surface area contributed by atoms with Crippen molar-refractivity contribution in [2.75, 3.05) is 23.3 Å². The number of nitrogens with zero attached hydrogens (tertiary/aromatic N) is 6. The summed E-state index contributed by atoms with van der Waals surface area (Å²) in [5.41, 5.74) is 1.10. The smallest absolute Gasteiger partial charge is 0.242 e. The standard InChI is InChI=1S/C25H28F3N7/c1-14-10-20(30-13-29-14)34-11-15-5-6-16(12-34)23(15)31-25-32-24-18(4-2-3-9-35(24)33-25)17-7-8-19(26)22(28)21(17)27/h7-8,10,13,15-16,18,23H,2-6,9,11-12H2,1H3,(H,31,33)/t15-,16?,18?,23?/m0/s1. The topological polar surface area (TPSA) is 71.8 Å². The van der Waals surface area contributed by atoms with Gasteiger partial charge in [-0.1, -0.05) is 12.5 Å². The Bertz CT molecular complexity index is 1230. The van der Waals surface area contributed by atoms with E-state index in [0.29, 0.717) is 36.6 Å². The fraction of sp³-hybridized carbons (Fsp3) is 0.520. The van der Waals surface area contributed by atoms with Gasteiger partial charge in [-0.2, -0.15) is 4.98 Å². The second-order valence-corrected chi connectivity index (χ2v) is 10.0. The number of rotatable bonds is 4. The van der Waals surface area contributed by atoms with Crippen molar-refractivity contribution >= 4 is 11.8 Å². The van der Waals surface area contributed by atoms with Crippen LogP contribution in [0.4, 0.5) is 24.9 Å². The highest BCUT2D eigenvalue weighted by atomic mass is 19.2. The highest BCUT2D eigenvalue weighted by molar-refractivity contribution is 5.42. The highest BCUT2D eigenvalue weighted by Crippen LogP contribution is 2.40. The molecule has 1 saturated heterocycles. The summed E-state index contributed by atoms with van der Waals surface area (Å²) in [6.07, 6.45) is 6.19. The molecule has 4 heterocycles. The van der Waals surface area contributed by atoms with Crippen LogP contribution in [-0.4, -0.2) is 43.9 Å². The van der Waals surface area contributed by atoms with Crippen molar-refractivity contribution in [1.29, 1.82) is 0 Å². The predicted molar refractivity (Wildman–Crippen MR) is 125 cm³/mol. The molecule has 35 heavy (non-hydrogen) atoms. The normalized spacial score (nSPS) is 25.9. The van der Waals surface area contributed by atoms with E-state index in [9.17, 15) is 13.2 Å². The number of anilines is 2. The third-order valence-corrected chi connectivity index (χ3v) is 7.81. The van der Waals surface area contributed by atoms with E-state index in [2.05, 4.69) is 20.2 Å². The van der Waals surface area contributed by atoms with Gasteiger partial charge >= 0.3 is 0 Å². The molecule has 2 fully saturated rings. The maximum Gasteiger partial charge on any atom is 0.242 e. The second kappa shape index (κ2) is 8.80. The SMILES string of the molecule is Cc1cc(N2CC3CC[C@@H](C2)C3Nc2nc3n(n2)CCCCC3c2ccc(F)c(F)c2F)ncn1. The maximum absolute atomic E-state index is 14.7. The van der Waals surface area contributed by atoms with Crippen molar-refractivity contribution in [3.8, 4) is 0 Å². The van der Waals surface area contributed by atoms with Crippen LogP contribution in [0.2, 0.25) is 0 Å². The van der Waals surface area contributed by atoms with Crippen LogP contribution in [0, 0.1) is 36.2 Å². The fourth-order valence-corrected chi connectivity index (χ4v) is 6.09. The van der Waals surface area contributed by atoms with Crippen LogP contribution in [0.5, 0.6) is 0 Å². The Morgan fingerprint density at radius 2 is 1.77 bits per heavy atom. The van der Waals surface area contributed by atoms with Gasteiger partial charge in [0.1, 0.15) is 18.0 Å². The van der Waals surface area contributed by atoms with E-state index in [4.69, 9.17) is 10.1 Å². The van der Waals surface area contributed by atoms with Gasteiger partial charge in [-0.25, -0.2) is 27.8 Å². The van der Waals surface area contributed by atoms with Gasteiger partial charge in [0, 0.05) is 48.9 Å². The van der Waals surface area contributed by atoms with Gasteiger partial charge in [0.25, 0.3) is 0 Å². The molecule has 4 atom stereocenters. The summed E-state index contributed by atoms with van der Waals surface area (Å²) in [4.78, 5) is 15.8. The number of hydrogen-bond acceptors (Lipinski definition) is 6. The molecule has 1 saturated carbocycles. The number of piperidine rings is 1. The molecule has 3 unspecified atom stereocenters. The van der Waals surface area contributed by atoms with Crippen LogP contribution in [0.1, 0.15) is 55.1 Å². The average molecular weight is 484 g/mol. The largest absolute Gasteiger partial charge is 0.356 e. The first-order valence-electron chi connectivity index (χ1n) is 12.4. The molecule has 6 rings (SSSR count). The third-order valence-electron chi connectivity index (χ3n) is 7.81. The van der Waals surface area contributed by atoms with Crippen LogP contribution in [0.15, 0.2) is 24.5 Å². The van der Waals surface area contributed by atoms with Crippen LogP contribution in [0.25, 0.3) is 0 Å². The molecule has 10 heteroatoms. The number of nitrogens with one attached hydrogen (secondary N) is 1. The van der Waals surface area contributed by atoms with Gasteiger partial charge in [0.15, 0.2) is 17.5 Å². The number of aromatic nitrogens is 5. The first kappa shape index (κ1) is 22.3. The zero-order valence-electron chi connectivity index (χ0n) is 19.6. The Morgan fingerprint density at radius 3 is 2.54 bits per heavy atom. The molecule has 184 valence electrons. The summed E-state index contributed by atoms with van der Waals surface area (Å²) >= 11 is 0.